The van der Waals surface area contributed by atoms with Crippen LogP contribution in [0.2, 0.25) is 5.02 Å². The largest absolute Gasteiger partial charge is 0.418 e. The van der Waals surface area contributed by atoms with Crippen LogP contribution < -0.4 is 5.56 Å². The molecule has 0 aliphatic carbocycles. The first kappa shape index (κ1) is 12.6. The van der Waals surface area contributed by atoms with Gasteiger partial charge in [0, 0.05) is 11.1 Å². The van der Waals surface area contributed by atoms with Crippen LogP contribution in [0, 0.1) is 0 Å². The van der Waals surface area contributed by atoms with Gasteiger partial charge in [0.25, 0.3) is 5.56 Å². The van der Waals surface area contributed by atoms with Gasteiger partial charge in [-0.05, 0) is 24.3 Å². The number of hydrogen-bond acceptors (Lipinski definition) is 2. The summed E-state index contributed by atoms with van der Waals surface area (Å²) < 4.78 is 37.9. The van der Waals surface area contributed by atoms with Gasteiger partial charge in [-0.1, -0.05) is 11.6 Å². The van der Waals surface area contributed by atoms with Gasteiger partial charge in [-0.2, -0.15) is 23.0 Å². The van der Waals surface area contributed by atoms with Crippen LogP contribution in [-0.4, -0.2) is 9.78 Å². The minimum absolute atomic E-state index is 0.345. The Balaban J connectivity index is 2.48. The SMILES string of the molecule is O=c1cc(C(F)(F)F)cnn1-c1ccc(Cl)cc1. The summed E-state index contributed by atoms with van der Waals surface area (Å²) in [5.74, 6) is 0. The van der Waals surface area contributed by atoms with Gasteiger partial charge in [-0.3, -0.25) is 4.79 Å². The molecule has 18 heavy (non-hydrogen) atoms. The topological polar surface area (TPSA) is 34.9 Å². The second-order valence-electron chi connectivity index (χ2n) is 3.47. The standard InChI is InChI=1S/C11H6ClF3N2O/c12-8-1-3-9(4-2-8)17-10(18)5-7(6-16-17)11(13,14)15/h1-6H. The molecule has 0 saturated carbocycles. The van der Waals surface area contributed by atoms with Crippen molar-refractivity contribution in [1.82, 2.24) is 9.78 Å². The van der Waals surface area contributed by atoms with Crippen LogP contribution in [0.3, 0.4) is 0 Å². The lowest BCUT2D eigenvalue weighted by Gasteiger charge is -2.08. The Labute approximate surface area is 104 Å². The fourth-order valence-electron chi connectivity index (χ4n) is 1.34. The van der Waals surface area contributed by atoms with Crippen molar-refractivity contribution in [2.45, 2.75) is 6.18 Å². The van der Waals surface area contributed by atoms with Crippen LogP contribution in [0.1, 0.15) is 5.56 Å². The zero-order chi connectivity index (χ0) is 13.3. The smallest absolute Gasteiger partial charge is 0.267 e. The van der Waals surface area contributed by atoms with Gasteiger partial charge in [0.2, 0.25) is 0 Å². The van der Waals surface area contributed by atoms with E-state index < -0.39 is 17.3 Å². The molecule has 0 spiro atoms. The Hall–Kier alpha value is -1.82. The van der Waals surface area contributed by atoms with Crippen LogP contribution in [0.25, 0.3) is 5.69 Å². The van der Waals surface area contributed by atoms with Crippen molar-refractivity contribution in [2.75, 3.05) is 0 Å². The van der Waals surface area contributed by atoms with Crippen LogP contribution in [0.15, 0.2) is 41.3 Å². The third-order valence-electron chi connectivity index (χ3n) is 2.20. The minimum atomic E-state index is -4.58. The summed E-state index contributed by atoms with van der Waals surface area (Å²) in [6.07, 6.45) is -3.97. The Kier molecular flexibility index (Phi) is 3.13. The third-order valence-corrected chi connectivity index (χ3v) is 2.45. The van der Waals surface area contributed by atoms with Crippen LogP contribution in [0.4, 0.5) is 13.2 Å². The molecule has 2 rings (SSSR count). The average molecular weight is 275 g/mol. The molecule has 0 fully saturated rings. The fourth-order valence-corrected chi connectivity index (χ4v) is 1.47. The molecule has 3 nitrogen and oxygen atoms in total. The molecule has 1 aromatic heterocycles. The summed E-state index contributed by atoms with van der Waals surface area (Å²) in [4.78, 5) is 11.5. The molecule has 0 aliphatic rings. The zero-order valence-electron chi connectivity index (χ0n) is 8.78. The van der Waals surface area contributed by atoms with Crippen LogP contribution >= 0.6 is 11.6 Å². The fraction of sp³-hybridized carbons (Fsp3) is 0.0909. The summed E-state index contributed by atoms with van der Waals surface area (Å²) in [6.45, 7) is 0. The summed E-state index contributed by atoms with van der Waals surface area (Å²) >= 11 is 5.67. The Bertz CT molecular complexity index is 619. The monoisotopic (exact) mass is 274 g/mol. The summed E-state index contributed by atoms with van der Waals surface area (Å²) in [7, 11) is 0. The minimum Gasteiger partial charge on any atom is -0.267 e. The van der Waals surface area contributed by atoms with E-state index in [1.165, 1.54) is 24.3 Å². The quantitative estimate of drug-likeness (QED) is 0.801. The first-order chi connectivity index (χ1) is 8.38. The second kappa shape index (κ2) is 4.45. The van der Waals surface area contributed by atoms with E-state index in [1.807, 2.05) is 0 Å². The predicted octanol–water partition coefficient (Wildman–Crippen LogP) is 2.90. The van der Waals surface area contributed by atoms with E-state index in [0.717, 1.165) is 4.68 Å². The lowest BCUT2D eigenvalue weighted by Crippen LogP contribution is -2.23. The van der Waals surface area contributed by atoms with E-state index in [2.05, 4.69) is 5.10 Å². The van der Waals surface area contributed by atoms with Crippen molar-refractivity contribution in [2.24, 2.45) is 0 Å². The van der Waals surface area contributed by atoms with E-state index in [4.69, 9.17) is 11.6 Å². The van der Waals surface area contributed by atoms with E-state index in [9.17, 15) is 18.0 Å². The number of benzene rings is 1. The van der Waals surface area contributed by atoms with E-state index >= 15 is 0 Å². The summed E-state index contributed by atoms with van der Waals surface area (Å²) in [6, 6.07) is 6.51. The lowest BCUT2D eigenvalue weighted by molar-refractivity contribution is -0.138. The highest BCUT2D eigenvalue weighted by atomic mass is 35.5. The molecule has 1 heterocycles. The van der Waals surface area contributed by atoms with Crippen molar-refractivity contribution in [3.8, 4) is 5.69 Å². The van der Waals surface area contributed by atoms with Gasteiger partial charge in [0.1, 0.15) is 0 Å². The predicted molar refractivity (Wildman–Crippen MR) is 59.8 cm³/mol. The zero-order valence-corrected chi connectivity index (χ0v) is 9.53. The molecule has 7 heteroatoms. The van der Waals surface area contributed by atoms with Crippen LogP contribution in [0.5, 0.6) is 0 Å². The first-order valence-corrected chi connectivity index (χ1v) is 5.18. The molecule has 0 saturated heterocycles. The number of halogens is 4. The van der Waals surface area contributed by atoms with Gasteiger partial charge < -0.3 is 0 Å². The highest BCUT2D eigenvalue weighted by Crippen LogP contribution is 2.27. The highest BCUT2D eigenvalue weighted by molar-refractivity contribution is 6.30. The van der Waals surface area contributed by atoms with E-state index in [1.54, 1.807) is 0 Å². The number of alkyl halides is 3. The number of nitrogens with zero attached hydrogens (tertiary/aromatic N) is 2. The first-order valence-electron chi connectivity index (χ1n) is 4.80. The van der Waals surface area contributed by atoms with Gasteiger partial charge >= 0.3 is 6.18 Å². The molecule has 1 aromatic carbocycles. The lowest BCUT2D eigenvalue weighted by atomic mass is 10.3. The van der Waals surface area contributed by atoms with Gasteiger partial charge in [0.15, 0.2) is 0 Å². The maximum Gasteiger partial charge on any atom is 0.418 e. The molecule has 2 aromatic rings. The molecule has 0 unspecified atom stereocenters. The van der Waals surface area contributed by atoms with Crippen molar-refractivity contribution in [1.29, 1.82) is 0 Å². The molecule has 0 N–H and O–H groups in total. The third kappa shape index (κ3) is 2.53. The molecule has 0 radical (unpaired) electrons. The molecule has 0 atom stereocenters. The molecule has 0 bridgehead atoms. The van der Waals surface area contributed by atoms with Gasteiger partial charge in [-0.25, -0.2) is 0 Å². The number of hydrogen-bond donors (Lipinski definition) is 0. The Morgan fingerprint density at radius 1 is 1.17 bits per heavy atom. The van der Waals surface area contributed by atoms with Crippen LogP contribution in [-0.2, 0) is 6.18 Å². The normalized spacial score (nSPS) is 11.6. The second-order valence-corrected chi connectivity index (χ2v) is 3.90. The Morgan fingerprint density at radius 2 is 1.78 bits per heavy atom. The molecule has 0 amide bonds. The van der Waals surface area contributed by atoms with E-state index in [-0.39, 0.29) is 0 Å². The molecular formula is C11H6ClF3N2O. The molecule has 94 valence electrons. The summed E-state index contributed by atoms with van der Waals surface area (Å²) in [5, 5.41) is 3.94. The highest BCUT2D eigenvalue weighted by Gasteiger charge is 2.31. The van der Waals surface area contributed by atoms with Crippen molar-refractivity contribution >= 4 is 11.6 Å². The van der Waals surface area contributed by atoms with Crippen molar-refractivity contribution in [3.05, 3.63) is 57.5 Å². The van der Waals surface area contributed by atoms with Gasteiger partial charge in [0.05, 0.1) is 17.4 Å². The molecule has 0 aliphatic heterocycles. The van der Waals surface area contributed by atoms with E-state index in [0.29, 0.717) is 23.0 Å². The Morgan fingerprint density at radius 3 is 2.28 bits per heavy atom. The molecular weight excluding hydrogens is 269 g/mol. The maximum atomic E-state index is 12.3. The maximum absolute atomic E-state index is 12.3. The number of rotatable bonds is 1. The average Bonchev–Trinajstić information content (AvgIpc) is 2.29. The summed E-state index contributed by atoms with van der Waals surface area (Å²) in [5.41, 5.74) is -1.58. The van der Waals surface area contributed by atoms with Crippen molar-refractivity contribution in [3.63, 3.8) is 0 Å². The van der Waals surface area contributed by atoms with Crippen molar-refractivity contribution < 1.29 is 13.2 Å². The van der Waals surface area contributed by atoms with Gasteiger partial charge in [-0.15, -0.1) is 0 Å². The number of aromatic nitrogens is 2.